The van der Waals surface area contributed by atoms with Gasteiger partial charge in [-0.25, -0.2) is 0 Å². The van der Waals surface area contributed by atoms with Gasteiger partial charge in [-0.3, -0.25) is 0 Å². The van der Waals surface area contributed by atoms with Crippen molar-refractivity contribution in [3.8, 4) is 5.75 Å². The molecule has 19 heavy (non-hydrogen) atoms. The van der Waals surface area contributed by atoms with Gasteiger partial charge in [-0.2, -0.15) is 0 Å². The van der Waals surface area contributed by atoms with Crippen molar-refractivity contribution in [2.75, 3.05) is 7.11 Å². The monoisotopic (exact) mass is 282 g/mol. The first-order chi connectivity index (χ1) is 9.13. The Hall–Kier alpha value is -0.730. The van der Waals surface area contributed by atoms with E-state index in [0.29, 0.717) is 12.0 Å². The molecule has 1 aliphatic carbocycles. The van der Waals surface area contributed by atoms with Gasteiger partial charge in [0, 0.05) is 19.4 Å². The summed E-state index contributed by atoms with van der Waals surface area (Å²) in [6.07, 6.45) is 5.07. The Morgan fingerprint density at radius 1 is 1.16 bits per heavy atom. The van der Waals surface area contributed by atoms with E-state index < -0.39 is 0 Å². The summed E-state index contributed by atoms with van der Waals surface area (Å²) < 4.78 is 11.7. The van der Waals surface area contributed by atoms with Gasteiger partial charge in [0.05, 0.1) is 6.10 Å². The standard InChI is InChI=1S/C16H23ClO2/c1-11-7-13(10-17)8-12(2)16(11)19-15-6-4-5-14(9-15)18-3/h7-8,14-15H,4-6,9-10H2,1-3H3. The maximum Gasteiger partial charge on any atom is 0.125 e. The van der Waals surface area contributed by atoms with Crippen molar-refractivity contribution in [3.05, 3.63) is 28.8 Å². The normalized spacial score (nSPS) is 23.4. The predicted octanol–water partition coefficient (Wildman–Crippen LogP) is 4.38. The lowest BCUT2D eigenvalue weighted by Crippen LogP contribution is -2.29. The average molecular weight is 283 g/mol. The lowest BCUT2D eigenvalue weighted by Gasteiger charge is -2.29. The molecule has 2 atom stereocenters. The van der Waals surface area contributed by atoms with Crippen molar-refractivity contribution in [2.45, 2.75) is 57.6 Å². The van der Waals surface area contributed by atoms with E-state index in [1.54, 1.807) is 7.11 Å². The Labute approximate surface area is 121 Å². The van der Waals surface area contributed by atoms with Crippen LogP contribution >= 0.6 is 11.6 Å². The third-order valence-corrected chi connectivity index (χ3v) is 4.18. The highest BCUT2D eigenvalue weighted by molar-refractivity contribution is 6.17. The van der Waals surface area contributed by atoms with Crippen LogP contribution in [0.2, 0.25) is 0 Å². The fourth-order valence-corrected chi connectivity index (χ4v) is 3.05. The number of benzene rings is 1. The average Bonchev–Trinajstić information content (AvgIpc) is 2.42. The third-order valence-electron chi connectivity index (χ3n) is 3.87. The summed E-state index contributed by atoms with van der Waals surface area (Å²) in [7, 11) is 1.79. The fourth-order valence-electron chi connectivity index (χ4n) is 2.89. The molecule has 1 aliphatic rings. The zero-order chi connectivity index (χ0) is 13.8. The molecule has 0 amide bonds. The van der Waals surface area contributed by atoms with Crippen LogP contribution < -0.4 is 4.74 Å². The molecule has 2 rings (SSSR count). The van der Waals surface area contributed by atoms with Crippen molar-refractivity contribution >= 4 is 11.6 Å². The largest absolute Gasteiger partial charge is 0.490 e. The fraction of sp³-hybridized carbons (Fsp3) is 0.625. The minimum Gasteiger partial charge on any atom is -0.490 e. The summed E-state index contributed by atoms with van der Waals surface area (Å²) >= 11 is 5.90. The zero-order valence-corrected chi connectivity index (χ0v) is 12.8. The van der Waals surface area contributed by atoms with Gasteiger partial charge in [0.15, 0.2) is 0 Å². The second kappa shape index (κ2) is 6.62. The summed E-state index contributed by atoms with van der Waals surface area (Å²) in [4.78, 5) is 0. The first-order valence-electron chi connectivity index (χ1n) is 6.99. The van der Waals surface area contributed by atoms with Crippen LogP contribution in [0.5, 0.6) is 5.75 Å². The van der Waals surface area contributed by atoms with E-state index >= 15 is 0 Å². The van der Waals surface area contributed by atoms with Gasteiger partial charge in [0.1, 0.15) is 11.9 Å². The molecule has 2 nitrogen and oxygen atoms in total. The second-order valence-electron chi connectivity index (χ2n) is 5.46. The highest BCUT2D eigenvalue weighted by atomic mass is 35.5. The molecule has 1 saturated carbocycles. The molecule has 0 aromatic heterocycles. The van der Waals surface area contributed by atoms with Gasteiger partial charge in [-0.15, -0.1) is 11.6 Å². The van der Waals surface area contributed by atoms with Crippen LogP contribution in [0, 0.1) is 13.8 Å². The molecule has 1 fully saturated rings. The van der Waals surface area contributed by atoms with Crippen LogP contribution in [0.15, 0.2) is 12.1 Å². The Bertz CT molecular complexity index is 408. The maximum atomic E-state index is 6.23. The van der Waals surface area contributed by atoms with Gasteiger partial charge in [0.2, 0.25) is 0 Å². The SMILES string of the molecule is COC1CCCC(Oc2c(C)cc(CCl)cc2C)C1. The molecule has 1 aromatic rings. The van der Waals surface area contributed by atoms with Crippen LogP contribution in [0.3, 0.4) is 0 Å². The minimum absolute atomic E-state index is 0.276. The van der Waals surface area contributed by atoms with Crippen molar-refractivity contribution < 1.29 is 9.47 Å². The molecule has 1 aromatic carbocycles. The number of hydrogen-bond donors (Lipinski definition) is 0. The molecule has 0 N–H and O–H groups in total. The van der Waals surface area contributed by atoms with Gasteiger partial charge in [0.25, 0.3) is 0 Å². The topological polar surface area (TPSA) is 18.5 Å². The smallest absolute Gasteiger partial charge is 0.125 e. The van der Waals surface area contributed by atoms with Gasteiger partial charge in [-0.1, -0.05) is 12.1 Å². The number of alkyl halides is 1. The highest BCUT2D eigenvalue weighted by Gasteiger charge is 2.24. The Balaban J connectivity index is 2.10. The number of ether oxygens (including phenoxy) is 2. The molecular weight excluding hydrogens is 260 g/mol. The predicted molar refractivity (Wildman–Crippen MR) is 79.2 cm³/mol. The Morgan fingerprint density at radius 2 is 1.79 bits per heavy atom. The molecule has 0 saturated heterocycles. The summed E-state index contributed by atoms with van der Waals surface area (Å²) in [5, 5.41) is 0. The van der Waals surface area contributed by atoms with Crippen LogP contribution in [0.4, 0.5) is 0 Å². The van der Waals surface area contributed by atoms with E-state index in [0.717, 1.165) is 30.6 Å². The van der Waals surface area contributed by atoms with E-state index in [1.807, 2.05) is 0 Å². The Kier molecular flexibility index (Phi) is 5.12. The maximum absolute atomic E-state index is 6.23. The molecule has 0 spiro atoms. The summed E-state index contributed by atoms with van der Waals surface area (Å²) in [5.41, 5.74) is 3.51. The number of hydrogen-bond acceptors (Lipinski definition) is 2. The van der Waals surface area contributed by atoms with Crippen LogP contribution in [-0.2, 0) is 10.6 Å². The van der Waals surface area contributed by atoms with Crippen LogP contribution in [0.25, 0.3) is 0 Å². The van der Waals surface area contributed by atoms with E-state index in [2.05, 4.69) is 26.0 Å². The van der Waals surface area contributed by atoms with Crippen molar-refractivity contribution in [1.82, 2.24) is 0 Å². The minimum atomic E-state index is 0.276. The Morgan fingerprint density at radius 3 is 2.37 bits per heavy atom. The second-order valence-corrected chi connectivity index (χ2v) is 5.72. The lowest BCUT2D eigenvalue weighted by molar-refractivity contribution is 0.0205. The van der Waals surface area contributed by atoms with Gasteiger partial charge in [-0.05, 0) is 49.8 Å². The lowest BCUT2D eigenvalue weighted by atomic mass is 9.94. The molecule has 0 radical (unpaired) electrons. The molecule has 0 bridgehead atoms. The zero-order valence-electron chi connectivity index (χ0n) is 12.0. The van der Waals surface area contributed by atoms with E-state index in [4.69, 9.17) is 21.1 Å². The van der Waals surface area contributed by atoms with Crippen molar-refractivity contribution in [2.24, 2.45) is 0 Å². The first kappa shape index (κ1) is 14.7. The number of aryl methyl sites for hydroxylation is 2. The molecule has 0 heterocycles. The molecule has 2 unspecified atom stereocenters. The number of methoxy groups -OCH3 is 1. The quantitative estimate of drug-likeness (QED) is 0.763. The molecular formula is C16H23ClO2. The molecule has 106 valence electrons. The molecule has 0 aliphatic heterocycles. The van der Waals surface area contributed by atoms with Crippen LogP contribution in [0.1, 0.15) is 42.4 Å². The first-order valence-corrected chi connectivity index (χ1v) is 7.53. The van der Waals surface area contributed by atoms with E-state index in [9.17, 15) is 0 Å². The van der Waals surface area contributed by atoms with Gasteiger partial charge < -0.3 is 9.47 Å². The third kappa shape index (κ3) is 3.64. The summed E-state index contributed by atoms with van der Waals surface area (Å²) in [6.45, 7) is 4.18. The van der Waals surface area contributed by atoms with Crippen molar-refractivity contribution in [3.63, 3.8) is 0 Å². The van der Waals surface area contributed by atoms with Crippen molar-refractivity contribution in [1.29, 1.82) is 0 Å². The number of rotatable bonds is 4. The highest BCUT2D eigenvalue weighted by Crippen LogP contribution is 2.30. The van der Waals surface area contributed by atoms with Gasteiger partial charge >= 0.3 is 0 Å². The summed E-state index contributed by atoms with van der Waals surface area (Å²) in [5.74, 6) is 1.58. The van der Waals surface area contributed by atoms with E-state index in [-0.39, 0.29) is 6.10 Å². The summed E-state index contributed by atoms with van der Waals surface area (Å²) in [6, 6.07) is 4.23. The van der Waals surface area contributed by atoms with E-state index in [1.165, 1.54) is 17.5 Å². The molecule has 3 heteroatoms. The number of halogens is 1. The van der Waals surface area contributed by atoms with Crippen LogP contribution in [-0.4, -0.2) is 19.3 Å².